The number of rotatable bonds is 4. The van der Waals surface area contributed by atoms with Crippen molar-refractivity contribution in [3.05, 3.63) is 52.0 Å². The van der Waals surface area contributed by atoms with Crippen LogP contribution in [0.2, 0.25) is 0 Å². The normalized spacial score (nSPS) is 23.3. The minimum Gasteiger partial charge on any atom is -0.307 e. The molecule has 0 amide bonds. The zero-order valence-electron chi connectivity index (χ0n) is 12.7. The quantitative estimate of drug-likeness (QED) is 0.938. The molecule has 1 aliphatic rings. The van der Waals surface area contributed by atoms with Gasteiger partial charge in [-0.3, -0.25) is 4.90 Å². The second-order valence-corrected chi connectivity index (χ2v) is 6.78. The van der Waals surface area contributed by atoms with Crippen LogP contribution in [0.15, 0.2) is 35.7 Å². The Bertz CT molecular complexity index is 566. The maximum atomic E-state index is 4.63. The van der Waals surface area contributed by atoms with Gasteiger partial charge in [0.25, 0.3) is 0 Å². The van der Waals surface area contributed by atoms with Gasteiger partial charge in [0.1, 0.15) is 0 Å². The van der Waals surface area contributed by atoms with E-state index in [0.717, 1.165) is 24.6 Å². The molecular formula is C17H23N3S. The largest absolute Gasteiger partial charge is 0.307 e. The van der Waals surface area contributed by atoms with Gasteiger partial charge in [-0.05, 0) is 18.9 Å². The molecule has 2 heterocycles. The van der Waals surface area contributed by atoms with E-state index < -0.39 is 0 Å². The molecule has 0 aliphatic carbocycles. The van der Waals surface area contributed by atoms with Gasteiger partial charge in [-0.15, -0.1) is 11.3 Å². The highest BCUT2D eigenvalue weighted by Crippen LogP contribution is 2.23. The molecule has 1 saturated heterocycles. The number of aromatic nitrogens is 1. The van der Waals surface area contributed by atoms with Gasteiger partial charge in [-0.2, -0.15) is 0 Å². The van der Waals surface area contributed by atoms with Crippen molar-refractivity contribution in [2.75, 3.05) is 13.1 Å². The molecule has 2 atom stereocenters. The molecule has 3 rings (SSSR count). The summed E-state index contributed by atoms with van der Waals surface area (Å²) in [6.07, 6.45) is 1.18. The van der Waals surface area contributed by atoms with Gasteiger partial charge in [0.15, 0.2) is 0 Å². The second kappa shape index (κ2) is 6.69. The molecule has 21 heavy (non-hydrogen) atoms. The van der Waals surface area contributed by atoms with Crippen LogP contribution < -0.4 is 5.32 Å². The zero-order chi connectivity index (χ0) is 14.7. The molecule has 4 heteroatoms. The topological polar surface area (TPSA) is 28.2 Å². The average molecular weight is 301 g/mol. The zero-order valence-corrected chi connectivity index (χ0v) is 13.6. The van der Waals surface area contributed by atoms with E-state index in [4.69, 9.17) is 0 Å². The molecule has 2 aromatic rings. The molecule has 1 aliphatic heterocycles. The Morgan fingerprint density at radius 3 is 2.81 bits per heavy atom. The summed E-state index contributed by atoms with van der Waals surface area (Å²) in [7, 11) is 0. The molecule has 0 spiro atoms. The molecule has 1 N–H and O–H groups in total. The highest BCUT2D eigenvalue weighted by molar-refractivity contribution is 7.09. The number of hydrogen-bond donors (Lipinski definition) is 1. The number of aryl methyl sites for hydroxylation is 1. The van der Waals surface area contributed by atoms with E-state index in [2.05, 4.69) is 64.8 Å². The Kier molecular flexibility index (Phi) is 4.68. The minimum absolute atomic E-state index is 0.425. The van der Waals surface area contributed by atoms with Crippen molar-refractivity contribution in [3.63, 3.8) is 0 Å². The van der Waals surface area contributed by atoms with E-state index >= 15 is 0 Å². The van der Waals surface area contributed by atoms with Crippen LogP contribution in [0.1, 0.15) is 35.7 Å². The maximum absolute atomic E-state index is 4.63. The first-order valence-corrected chi connectivity index (χ1v) is 8.57. The van der Waals surface area contributed by atoms with E-state index in [1.165, 1.54) is 17.7 Å². The van der Waals surface area contributed by atoms with Gasteiger partial charge in [-0.25, -0.2) is 4.98 Å². The Hall–Kier alpha value is -1.23. The van der Waals surface area contributed by atoms with Crippen LogP contribution >= 0.6 is 11.3 Å². The lowest BCUT2D eigenvalue weighted by Gasteiger charge is -2.40. The predicted molar refractivity (Wildman–Crippen MR) is 88.5 cm³/mol. The van der Waals surface area contributed by atoms with E-state index in [0.29, 0.717) is 12.1 Å². The van der Waals surface area contributed by atoms with Crippen molar-refractivity contribution in [2.24, 2.45) is 0 Å². The first-order chi connectivity index (χ1) is 10.3. The van der Waals surface area contributed by atoms with Gasteiger partial charge in [0.2, 0.25) is 0 Å². The minimum atomic E-state index is 0.425. The van der Waals surface area contributed by atoms with Crippen LogP contribution in [0.4, 0.5) is 0 Å². The van der Waals surface area contributed by atoms with Gasteiger partial charge in [0.05, 0.1) is 10.7 Å². The Labute approximate surface area is 131 Å². The summed E-state index contributed by atoms with van der Waals surface area (Å²) < 4.78 is 0. The summed E-state index contributed by atoms with van der Waals surface area (Å²) in [6.45, 7) is 7.43. The van der Waals surface area contributed by atoms with Crippen LogP contribution in [0.5, 0.6) is 0 Å². The molecule has 0 saturated carbocycles. The Morgan fingerprint density at radius 2 is 2.14 bits per heavy atom. The van der Waals surface area contributed by atoms with Crippen molar-refractivity contribution in [2.45, 2.75) is 38.9 Å². The summed E-state index contributed by atoms with van der Waals surface area (Å²) >= 11 is 1.75. The fourth-order valence-electron chi connectivity index (χ4n) is 3.05. The maximum Gasteiger partial charge on any atom is 0.0897 e. The third-order valence-corrected chi connectivity index (χ3v) is 5.06. The third kappa shape index (κ3) is 3.51. The van der Waals surface area contributed by atoms with E-state index in [-0.39, 0.29) is 0 Å². The van der Waals surface area contributed by atoms with E-state index in [1.54, 1.807) is 11.3 Å². The Balaban J connectivity index is 1.72. The highest BCUT2D eigenvalue weighted by Gasteiger charge is 2.27. The molecule has 1 aromatic heterocycles. The molecule has 112 valence electrons. The number of piperazine rings is 1. The van der Waals surface area contributed by atoms with Crippen LogP contribution in [0.3, 0.4) is 0 Å². The van der Waals surface area contributed by atoms with Crippen LogP contribution in [0.25, 0.3) is 0 Å². The van der Waals surface area contributed by atoms with Crippen molar-refractivity contribution in [1.29, 1.82) is 0 Å². The molecule has 0 bridgehead atoms. The molecule has 1 aromatic carbocycles. The molecule has 1 fully saturated rings. The molecule has 3 nitrogen and oxygen atoms in total. The second-order valence-electron chi connectivity index (χ2n) is 5.72. The van der Waals surface area contributed by atoms with Gasteiger partial charge in [0, 0.05) is 37.1 Å². The van der Waals surface area contributed by atoms with Crippen LogP contribution in [-0.2, 0) is 6.54 Å². The average Bonchev–Trinajstić information content (AvgIpc) is 2.93. The third-order valence-electron chi connectivity index (χ3n) is 4.24. The molecular weight excluding hydrogens is 278 g/mol. The SMILES string of the molecule is CCC1CNC(c2ccccc2)CN1Cc1csc(C)n1. The lowest BCUT2D eigenvalue weighted by atomic mass is 10.0. The van der Waals surface area contributed by atoms with Crippen LogP contribution in [-0.4, -0.2) is 29.0 Å². The number of hydrogen-bond acceptors (Lipinski definition) is 4. The number of nitrogens with zero attached hydrogens (tertiary/aromatic N) is 2. The lowest BCUT2D eigenvalue weighted by Crippen LogP contribution is -2.51. The van der Waals surface area contributed by atoms with Crippen molar-refractivity contribution in [3.8, 4) is 0 Å². The highest BCUT2D eigenvalue weighted by atomic mass is 32.1. The monoisotopic (exact) mass is 301 g/mol. The van der Waals surface area contributed by atoms with Gasteiger partial charge in [-0.1, -0.05) is 37.3 Å². The van der Waals surface area contributed by atoms with Crippen molar-refractivity contribution >= 4 is 11.3 Å². The lowest BCUT2D eigenvalue weighted by molar-refractivity contribution is 0.118. The number of nitrogens with one attached hydrogen (secondary N) is 1. The van der Waals surface area contributed by atoms with Crippen molar-refractivity contribution < 1.29 is 0 Å². The fraction of sp³-hybridized carbons (Fsp3) is 0.471. The smallest absolute Gasteiger partial charge is 0.0897 e. The van der Waals surface area contributed by atoms with E-state index in [9.17, 15) is 0 Å². The summed E-state index contributed by atoms with van der Waals surface area (Å²) in [6, 6.07) is 11.8. The number of benzene rings is 1. The van der Waals surface area contributed by atoms with Gasteiger partial charge < -0.3 is 5.32 Å². The number of thiazole rings is 1. The van der Waals surface area contributed by atoms with Gasteiger partial charge >= 0.3 is 0 Å². The predicted octanol–water partition coefficient (Wildman–Crippen LogP) is 3.38. The molecule has 2 unspecified atom stereocenters. The summed E-state index contributed by atoms with van der Waals surface area (Å²) in [5.41, 5.74) is 2.59. The fourth-order valence-corrected chi connectivity index (χ4v) is 3.65. The first-order valence-electron chi connectivity index (χ1n) is 7.69. The summed E-state index contributed by atoms with van der Waals surface area (Å²) in [5, 5.41) is 7.05. The Morgan fingerprint density at radius 1 is 1.33 bits per heavy atom. The van der Waals surface area contributed by atoms with Crippen molar-refractivity contribution in [1.82, 2.24) is 15.2 Å². The van der Waals surface area contributed by atoms with Crippen LogP contribution in [0, 0.1) is 6.92 Å². The summed E-state index contributed by atoms with van der Waals surface area (Å²) in [4.78, 5) is 7.21. The molecule has 0 radical (unpaired) electrons. The standard InChI is InChI=1S/C17H23N3S/c1-3-16-9-18-17(14-7-5-4-6-8-14)11-20(16)10-15-12-21-13(2)19-15/h4-8,12,16-18H,3,9-11H2,1-2H3. The van der Waals surface area contributed by atoms with E-state index in [1.807, 2.05) is 0 Å². The first kappa shape index (κ1) is 14.7. The summed E-state index contributed by atoms with van der Waals surface area (Å²) in [5.74, 6) is 0.